The number of fused-ring (bicyclic) bond motifs is 1. The summed E-state index contributed by atoms with van der Waals surface area (Å²) in [6, 6.07) is 14.0. The summed E-state index contributed by atoms with van der Waals surface area (Å²) in [5, 5.41) is 13.0. The van der Waals surface area contributed by atoms with Crippen LogP contribution in [0.5, 0.6) is 0 Å². The predicted molar refractivity (Wildman–Crippen MR) is 137 cm³/mol. The van der Waals surface area contributed by atoms with Gasteiger partial charge in [0.1, 0.15) is 10.8 Å². The van der Waals surface area contributed by atoms with Gasteiger partial charge in [0, 0.05) is 43.3 Å². The number of carbonyl (C=O) groups is 2. The number of morpholine rings is 1. The molecule has 13 heteroatoms. The highest BCUT2D eigenvalue weighted by atomic mass is 32.1. The molecule has 0 spiro atoms. The number of ether oxygens (including phenoxy) is 1. The zero-order chi connectivity index (χ0) is 28.0. The summed E-state index contributed by atoms with van der Waals surface area (Å²) in [5.74, 6) is -3.12. The predicted octanol–water partition coefficient (Wildman–Crippen LogP) is 4.56. The van der Waals surface area contributed by atoms with Gasteiger partial charge in [-0.15, -0.1) is 11.3 Å². The number of benzene rings is 1. The monoisotopic (exact) mass is 564 g/mol. The van der Waals surface area contributed by atoms with Crippen molar-refractivity contribution in [3.63, 3.8) is 0 Å². The van der Waals surface area contributed by atoms with E-state index in [1.807, 2.05) is 40.2 Å². The molecule has 5 rings (SSSR count). The molecule has 0 bridgehead atoms. The minimum atomic E-state index is -5.08. The van der Waals surface area contributed by atoms with Crippen LogP contribution < -0.4 is 5.32 Å². The van der Waals surface area contributed by atoms with E-state index in [1.165, 1.54) is 23.5 Å². The van der Waals surface area contributed by atoms with Gasteiger partial charge in [-0.05, 0) is 42.5 Å². The van der Waals surface area contributed by atoms with E-state index >= 15 is 0 Å². The Labute approximate surface area is 224 Å². The lowest BCUT2D eigenvalue weighted by Gasteiger charge is -2.26. The third-order valence-electron chi connectivity index (χ3n) is 5.84. The first kappa shape index (κ1) is 28.2. The summed E-state index contributed by atoms with van der Waals surface area (Å²) in [6.07, 6.45) is -3.15. The maximum Gasteiger partial charge on any atom is 0.490 e. The molecule has 4 heterocycles. The largest absolute Gasteiger partial charge is 0.490 e. The lowest BCUT2D eigenvalue weighted by atomic mass is 10.2. The van der Waals surface area contributed by atoms with E-state index in [2.05, 4.69) is 10.2 Å². The first-order valence-electron chi connectivity index (χ1n) is 11.8. The molecule has 3 aromatic heterocycles. The standard InChI is InChI=1S/C24H23FN4O2S.C2HF3O2/c25-18-6-4-17(5-7-18)24-27-20(16-32-24)22-15-19(21-3-1-2-9-29(21)22)23(30)26-8-10-28-11-13-31-14-12-28;3-2(4,5)1(6)7/h1-7,9,15-16H,8,10-14H2,(H,26,30);(H,6,7). The highest BCUT2D eigenvalue weighted by Gasteiger charge is 2.38. The molecule has 2 N–H and O–H groups in total. The molecule has 0 atom stereocenters. The van der Waals surface area contributed by atoms with E-state index in [0.717, 1.165) is 60.3 Å². The fraction of sp³-hybridized carbons (Fsp3) is 0.269. The van der Waals surface area contributed by atoms with Gasteiger partial charge < -0.3 is 19.6 Å². The van der Waals surface area contributed by atoms with Crippen LogP contribution in [0.4, 0.5) is 17.6 Å². The summed E-state index contributed by atoms with van der Waals surface area (Å²) in [7, 11) is 0. The summed E-state index contributed by atoms with van der Waals surface area (Å²) in [4.78, 5) is 28.9. The Morgan fingerprint density at radius 2 is 1.79 bits per heavy atom. The Bertz CT molecular complexity index is 1430. The zero-order valence-corrected chi connectivity index (χ0v) is 21.3. The molecular formula is C26H24F4N4O4S. The van der Waals surface area contributed by atoms with Crippen molar-refractivity contribution < 1.29 is 37.0 Å². The van der Waals surface area contributed by atoms with E-state index in [-0.39, 0.29) is 11.7 Å². The van der Waals surface area contributed by atoms with Gasteiger partial charge in [0.05, 0.1) is 35.7 Å². The molecule has 0 saturated carbocycles. The van der Waals surface area contributed by atoms with Crippen LogP contribution in [0.15, 0.2) is 60.1 Å². The van der Waals surface area contributed by atoms with Crippen molar-refractivity contribution in [1.29, 1.82) is 0 Å². The minimum Gasteiger partial charge on any atom is -0.475 e. The van der Waals surface area contributed by atoms with Gasteiger partial charge >= 0.3 is 12.1 Å². The number of aliphatic carboxylic acids is 1. The first-order valence-corrected chi connectivity index (χ1v) is 12.7. The smallest absolute Gasteiger partial charge is 0.475 e. The average Bonchev–Trinajstić information content (AvgIpc) is 3.55. The van der Waals surface area contributed by atoms with E-state index in [0.29, 0.717) is 12.1 Å². The molecule has 0 unspecified atom stereocenters. The number of nitrogens with zero attached hydrogens (tertiary/aromatic N) is 3. The van der Waals surface area contributed by atoms with Crippen LogP contribution in [0, 0.1) is 5.82 Å². The van der Waals surface area contributed by atoms with Crippen LogP contribution in [-0.2, 0) is 9.53 Å². The second-order valence-corrected chi connectivity index (χ2v) is 9.31. The second kappa shape index (κ2) is 12.4. The van der Waals surface area contributed by atoms with Gasteiger partial charge in [-0.1, -0.05) is 6.07 Å². The topological polar surface area (TPSA) is 96.2 Å². The maximum atomic E-state index is 13.3. The van der Waals surface area contributed by atoms with Crippen LogP contribution in [-0.4, -0.2) is 76.8 Å². The Balaban J connectivity index is 0.000000448. The van der Waals surface area contributed by atoms with Gasteiger partial charge in [0.25, 0.3) is 5.91 Å². The fourth-order valence-corrected chi connectivity index (χ4v) is 4.72. The van der Waals surface area contributed by atoms with Crippen LogP contribution in [0.3, 0.4) is 0 Å². The minimum absolute atomic E-state index is 0.0952. The Kier molecular flexibility index (Phi) is 8.94. The molecule has 4 aromatic rings. The molecule has 1 fully saturated rings. The molecular weight excluding hydrogens is 540 g/mol. The van der Waals surface area contributed by atoms with Crippen molar-refractivity contribution in [3.8, 4) is 22.0 Å². The quantitative estimate of drug-likeness (QED) is 0.334. The van der Waals surface area contributed by atoms with Gasteiger partial charge in [-0.3, -0.25) is 9.69 Å². The number of thiazole rings is 1. The van der Waals surface area contributed by atoms with Crippen molar-refractivity contribution in [2.45, 2.75) is 6.18 Å². The second-order valence-electron chi connectivity index (χ2n) is 8.46. The third kappa shape index (κ3) is 7.19. The van der Waals surface area contributed by atoms with Gasteiger partial charge in [0.15, 0.2) is 0 Å². The van der Waals surface area contributed by atoms with Crippen molar-refractivity contribution in [1.82, 2.24) is 19.6 Å². The summed E-state index contributed by atoms with van der Waals surface area (Å²) in [5.41, 5.74) is 3.96. The van der Waals surface area contributed by atoms with E-state index in [1.54, 1.807) is 12.1 Å². The molecule has 39 heavy (non-hydrogen) atoms. The molecule has 1 aliphatic rings. The molecule has 1 aromatic carbocycles. The number of nitrogens with one attached hydrogen (secondary N) is 1. The number of carboxylic acid groups (broad SMARTS) is 1. The van der Waals surface area contributed by atoms with Crippen molar-refractivity contribution >= 4 is 28.7 Å². The van der Waals surface area contributed by atoms with Crippen molar-refractivity contribution in [2.24, 2.45) is 0 Å². The van der Waals surface area contributed by atoms with Gasteiger partial charge in [-0.2, -0.15) is 13.2 Å². The molecule has 1 aliphatic heterocycles. The maximum absolute atomic E-state index is 13.3. The molecule has 0 radical (unpaired) electrons. The van der Waals surface area contributed by atoms with Crippen LogP contribution in [0.25, 0.3) is 27.5 Å². The lowest BCUT2D eigenvalue weighted by Crippen LogP contribution is -2.41. The molecule has 8 nitrogen and oxygen atoms in total. The van der Waals surface area contributed by atoms with Crippen LogP contribution >= 0.6 is 11.3 Å². The lowest BCUT2D eigenvalue weighted by molar-refractivity contribution is -0.192. The Morgan fingerprint density at radius 1 is 1.10 bits per heavy atom. The van der Waals surface area contributed by atoms with Crippen LogP contribution in [0.1, 0.15) is 10.4 Å². The highest BCUT2D eigenvalue weighted by Crippen LogP contribution is 2.31. The number of alkyl halides is 3. The third-order valence-corrected chi connectivity index (χ3v) is 6.73. The number of aromatic nitrogens is 2. The summed E-state index contributed by atoms with van der Waals surface area (Å²) < 4.78 is 52.3. The Hall–Kier alpha value is -3.81. The fourth-order valence-electron chi connectivity index (χ4n) is 3.90. The first-order chi connectivity index (χ1) is 18.6. The number of carboxylic acids is 1. The van der Waals surface area contributed by atoms with E-state index in [9.17, 15) is 22.4 Å². The van der Waals surface area contributed by atoms with Crippen molar-refractivity contribution in [2.75, 3.05) is 39.4 Å². The summed E-state index contributed by atoms with van der Waals surface area (Å²) in [6.45, 7) is 4.68. The molecule has 1 saturated heterocycles. The Morgan fingerprint density at radius 3 is 2.46 bits per heavy atom. The molecule has 0 aliphatic carbocycles. The number of carbonyl (C=O) groups excluding carboxylic acids is 1. The average molecular weight is 565 g/mol. The van der Waals surface area contributed by atoms with E-state index in [4.69, 9.17) is 19.6 Å². The van der Waals surface area contributed by atoms with Crippen LogP contribution in [0.2, 0.25) is 0 Å². The van der Waals surface area contributed by atoms with E-state index < -0.39 is 12.1 Å². The normalized spacial score (nSPS) is 14.1. The summed E-state index contributed by atoms with van der Waals surface area (Å²) >= 11 is 1.50. The number of pyridine rings is 1. The van der Waals surface area contributed by atoms with Gasteiger partial charge in [0.2, 0.25) is 0 Å². The zero-order valence-electron chi connectivity index (χ0n) is 20.4. The number of hydrogen-bond acceptors (Lipinski definition) is 6. The number of rotatable bonds is 6. The van der Waals surface area contributed by atoms with Crippen molar-refractivity contribution in [3.05, 3.63) is 71.5 Å². The number of hydrogen-bond donors (Lipinski definition) is 2. The highest BCUT2D eigenvalue weighted by molar-refractivity contribution is 7.13. The molecule has 206 valence electrons. The number of halogens is 4. The number of amides is 1. The molecule has 1 amide bonds. The SMILES string of the molecule is O=C(NCCN1CCOCC1)c1cc(-c2csc(-c3ccc(F)cc3)n2)n2ccccc12.O=C(O)C(F)(F)F. The van der Waals surface area contributed by atoms with Gasteiger partial charge in [-0.25, -0.2) is 14.2 Å².